The Labute approximate surface area is 121 Å². The van der Waals surface area contributed by atoms with Crippen molar-refractivity contribution >= 4 is 11.5 Å². The highest BCUT2D eigenvalue weighted by atomic mass is 15.2. The molecular weight excluding hydrogens is 246 g/mol. The first-order chi connectivity index (χ1) is 9.52. The van der Waals surface area contributed by atoms with Gasteiger partial charge in [0.2, 0.25) is 0 Å². The van der Waals surface area contributed by atoms with Gasteiger partial charge >= 0.3 is 0 Å². The fourth-order valence-electron chi connectivity index (χ4n) is 2.48. The van der Waals surface area contributed by atoms with Crippen molar-refractivity contribution in [2.45, 2.75) is 27.3 Å². The fourth-order valence-corrected chi connectivity index (χ4v) is 2.48. The van der Waals surface area contributed by atoms with E-state index in [0.717, 1.165) is 18.1 Å². The van der Waals surface area contributed by atoms with E-state index in [1.807, 2.05) is 14.0 Å². The highest BCUT2D eigenvalue weighted by Crippen LogP contribution is 2.28. The molecule has 3 heteroatoms. The van der Waals surface area contributed by atoms with Gasteiger partial charge in [-0.3, -0.25) is 0 Å². The van der Waals surface area contributed by atoms with Gasteiger partial charge in [-0.2, -0.15) is 0 Å². The van der Waals surface area contributed by atoms with Crippen LogP contribution in [0.2, 0.25) is 0 Å². The molecule has 0 aliphatic rings. The van der Waals surface area contributed by atoms with E-state index in [9.17, 15) is 0 Å². The normalized spacial score (nSPS) is 10.7. The standard InChI is InChI=1S/C17H23N3/c1-12-7-6-8-15(9-12)20(5)17-16(11-18-4)13(2)10-14(3)19-17/h6-10,18H,11H2,1-5H3. The Morgan fingerprint density at radius 1 is 1.15 bits per heavy atom. The first-order valence-electron chi connectivity index (χ1n) is 6.95. The van der Waals surface area contributed by atoms with Gasteiger partial charge in [-0.05, 0) is 57.1 Å². The maximum Gasteiger partial charge on any atom is 0.137 e. The molecule has 1 aromatic heterocycles. The predicted molar refractivity (Wildman–Crippen MR) is 85.7 cm³/mol. The molecule has 1 heterocycles. The third kappa shape index (κ3) is 2.99. The minimum atomic E-state index is 0.824. The summed E-state index contributed by atoms with van der Waals surface area (Å²) < 4.78 is 0. The monoisotopic (exact) mass is 269 g/mol. The lowest BCUT2D eigenvalue weighted by molar-refractivity contribution is 0.802. The van der Waals surface area contributed by atoms with Crippen molar-refractivity contribution in [3.8, 4) is 0 Å². The van der Waals surface area contributed by atoms with Gasteiger partial charge in [0.05, 0.1) is 0 Å². The molecule has 0 saturated heterocycles. The van der Waals surface area contributed by atoms with Crippen LogP contribution in [0.1, 0.15) is 22.4 Å². The van der Waals surface area contributed by atoms with Gasteiger partial charge in [0, 0.05) is 30.5 Å². The molecule has 0 unspecified atom stereocenters. The van der Waals surface area contributed by atoms with Crippen LogP contribution >= 0.6 is 0 Å². The summed E-state index contributed by atoms with van der Waals surface area (Å²) in [5.74, 6) is 1.03. The van der Waals surface area contributed by atoms with E-state index >= 15 is 0 Å². The Hall–Kier alpha value is -1.87. The molecule has 0 amide bonds. The van der Waals surface area contributed by atoms with Gasteiger partial charge in [0.15, 0.2) is 0 Å². The van der Waals surface area contributed by atoms with E-state index in [2.05, 4.69) is 61.4 Å². The Kier molecular flexibility index (Phi) is 4.40. The number of anilines is 2. The lowest BCUT2D eigenvalue weighted by Crippen LogP contribution is -2.18. The van der Waals surface area contributed by atoms with Gasteiger partial charge < -0.3 is 10.2 Å². The van der Waals surface area contributed by atoms with E-state index in [-0.39, 0.29) is 0 Å². The molecule has 0 radical (unpaired) electrons. The van der Waals surface area contributed by atoms with Crippen LogP contribution in [0.25, 0.3) is 0 Å². The highest BCUT2D eigenvalue weighted by Gasteiger charge is 2.13. The van der Waals surface area contributed by atoms with Crippen LogP contribution in [0.5, 0.6) is 0 Å². The molecule has 0 fully saturated rings. The molecule has 0 atom stereocenters. The third-order valence-electron chi connectivity index (χ3n) is 3.51. The summed E-state index contributed by atoms with van der Waals surface area (Å²) >= 11 is 0. The minimum Gasteiger partial charge on any atom is -0.329 e. The zero-order chi connectivity index (χ0) is 14.7. The smallest absolute Gasteiger partial charge is 0.137 e. The van der Waals surface area contributed by atoms with Crippen molar-refractivity contribution in [1.82, 2.24) is 10.3 Å². The number of hydrogen-bond acceptors (Lipinski definition) is 3. The van der Waals surface area contributed by atoms with Crippen molar-refractivity contribution in [2.75, 3.05) is 19.0 Å². The summed E-state index contributed by atoms with van der Waals surface area (Å²) in [6, 6.07) is 10.6. The van der Waals surface area contributed by atoms with Crippen molar-refractivity contribution in [3.05, 3.63) is 52.7 Å². The number of nitrogens with zero attached hydrogens (tertiary/aromatic N) is 2. The average molecular weight is 269 g/mol. The molecule has 0 bridgehead atoms. The Morgan fingerprint density at radius 2 is 1.90 bits per heavy atom. The molecule has 3 nitrogen and oxygen atoms in total. The van der Waals surface area contributed by atoms with Gasteiger partial charge in [-0.15, -0.1) is 0 Å². The maximum absolute atomic E-state index is 4.74. The number of nitrogens with one attached hydrogen (secondary N) is 1. The molecule has 0 aliphatic heterocycles. The molecule has 2 aromatic rings. The molecular formula is C17H23N3. The lowest BCUT2D eigenvalue weighted by atomic mass is 10.1. The SMILES string of the molecule is CNCc1c(C)cc(C)nc1N(C)c1cccc(C)c1. The minimum absolute atomic E-state index is 0.824. The summed E-state index contributed by atoms with van der Waals surface area (Å²) in [6.45, 7) is 7.13. The number of benzene rings is 1. The number of aromatic nitrogens is 1. The second-order valence-electron chi connectivity index (χ2n) is 5.31. The summed E-state index contributed by atoms with van der Waals surface area (Å²) in [7, 11) is 4.05. The van der Waals surface area contributed by atoms with E-state index < -0.39 is 0 Å². The van der Waals surface area contributed by atoms with Crippen molar-refractivity contribution in [1.29, 1.82) is 0 Å². The van der Waals surface area contributed by atoms with Gasteiger partial charge in [0.1, 0.15) is 5.82 Å². The second-order valence-corrected chi connectivity index (χ2v) is 5.31. The average Bonchev–Trinajstić information content (AvgIpc) is 2.41. The molecule has 106 valence electrons. The van der Waals surface area contributed by atoms with E-state index in [4.69, 9.17) is 4.98 Å². The van der Waals surface area contributed by atoms with Crippen LogP contribution < -0.4 is 10.2 Å². The summed E-state index contributed by atoms with van der Waals surface area (Å²) in [5.41, 5.74) is 6.01. The van der Waals surface area contributed by atoms with Crippen molar-refractivity contribution < 1.29 is 0 Å². The lowest BCUT2D eigenvalue weighted by Gasteiger charge is -2.23. The van der Waals surface area contributed by atoms with Gasteiger partial charge in [0.25, 0.3) is 0 Å². The quantitative estimate of drug-likeness (QED) is 0.921. The largest absolute Gasteiger partial charge is 0.329 e. The van der Waals surface area contributed by atoms with Crippen molar-refractivity contribution in [3.63, 3.8) is 0 Å². The third-order valence-corrected chi connectivity index (χ3v) is 3.51. The molecule has 0 aliphatic carbocycles. The van der Waals surface area contributed by atoms with E-state index in [1.54, 1.807) is 0 Å². The molecule has 0 saturated carbocycles. The molecule has 1 N–H and O–H groups in total. The van der Waals surface area contributed by atoms with Gasteiger partial charge in [-0.25, -0.2) is 4.98 Å². The summed E-state index contributed by atoms with van der Waals surface area (Å²) in [4.78, 5) is 6.91. The Bertz CT molecular complexity index is 605. The van der Waals surface area contributed by atoms with Crippen LogP contribution in [-0.4, -0.2) is 19.1 Å². The number of pyridine rings is 1. The maximum atomic E-state index is 4.74. The van der Waals surface area contributed by atoms with Crippen LogP contribution in [0.15, 0.2) is 30.3 Å². The molecule has 1 aromatic carbocycles. The predicted octanol–water partition coefficient (Wildman–Crippen LogP) is 3.49. The first kappa shape index (κ1) is 14.5. The fraction of sp³-hybridized carbons (Fsp3) is 0.353. The molecule has 20 heavy (non-hydrogen) atoms. The van der Waals surface area contributed by atoms with Crippen LogP contribution in [0.3, 0.4) is 0 Å². The zero-order valence-corrected chi connectivity index (χ0v) is 13.0. The van der Waals surface area contributed by atoms with Gasteiger partial charge in [-0.1, -0.05) is 12.1 Å². The Morgan fingerprint density at radius 3 is 2.55 bits per heavy atom. The number of rotatable bonds is 4. The first-order valence-corrected chi connectivity index (χ1v) is 6.95. The number of aryl methyl sites for hydroxylation is 3. The second kappa shape index (κ2) is 6.06. The summed E-state index contributed by atoms with van der Waals surface area (Å²) in [6.07, 6.45) is 0. The molecule has 2 rings (SSSR count). The number of hydrogen-bond donors (Lipinski definition) is 1. The summed E-state index contributed by atoms with van der Waals surface area (Å²) in [5, 5.41) is 3.24. The molecule has 0 spiro atoms. The topological polar surface area (TPSA) is 28.2 Å². The highest BCUT2D eigenvalue weighted by molar-refractivity contribution is 5.64. The van der Waals surface area contributed by atoms with Crippen LogP contribution in [0, 0.1) is 20.8 Å². The van der Waals surface area contributed by atoms with E-state index in [0.29, 0.717) is 0 Å². The zero-order valence-electron chi connectivity index (χ0n) is 13.0. The van der Waals surface area contributed by atoms with Crippen LogP contribution in [0.4, 0.5) is 11.5 Å². The Balaban J connectivity index is 2.50. The van der Waals surface area contributed by atoms with E-state index in [1.165, 1.54) is 22.4 Å². The van der Waals surface area contributed by atoms with Crippen LogP contribution in [-0.2, 0) is 6.54 Å². The van der Waals surface area contributed by atoms with Crippen molar-refractivity contribution in [2.24, 2.45) is 0 Å².